The van der Waals surface area contributed by atoms with Crippen LogP contribution in [0, 0.1) is 6.92 Å². The molecule has 2 rings (SSSR count). The summed E-state index contributed by atoms with van der Waals surface area (Å²) in [6.07, 6.45) is 3.76. The van der Waals surface area contributed by atoms with Crippen LogP contribution in [0.5, 0.6) is 0 Å². The predicted octanol–water partition coefficient (Wildman–Crippen LogP) is 2.99. The molecule has 1 heterocycles. The van der Waals surface area contributed by atoms with Gasteiger partial charge in [0, 0.05) is 5.92 Å². The molecule has 1 aromatic rings. The van der Waals surface area contributed by atoms with Gasteiger partial charge in [0.1, 0.15) is 5.76 Å². The summed E-state index contributed by atoms with van der Waals surface area (Å²) < 4.78 is 5.52. The van der Waals surface area contributed by atoms with E-state index in [-0.39, 0.29) is 0 Å². The van der Waals surface area contributed by atoms with Gasteiger partial charge in [0.15, 0.2) is 5.89 Å². The van der Waals surface area contributed by atoms with Crippen LogP contribution in [-0.4, -0.2) is 4.98 Å². The van der Waals surface area contributed by atoms with E-state index in [0.29, 0.717) is 11.8 Å². The van der Waals surface area contributed by atoms with E-state index in [1.54, 1.807) is 0 Å². The summed E-state index contributed by atoms with van der Waals surface area (Å²) in [5.74, 6) is 2.74. The van der Waals surface area contributed by atoms with Gasteiger partial charge in [-0.3, -0.25) is 0 Å². The summed E-state index contributed by atoms with van der Waals surface area (Å²) >= 11 is 5.68. The number of halogens is 1. The fourth-order valence-corrected chi connectivity index (χ4v) is 1.65. The lowest BCUT2D eigenvalue weighted by atomic mass is 9.85. The zero-order valence-electron chi connectivity index (χ0n) is 7.14. The Morgan fingerprint density at radius 2 is 2.33 bits per heavy atom. The van der Waals surface area contributed by atoms with Crippen LogP contribution in [0.25, 0.3) is 0 Å². The maximum absolute atomic E-state index is 5.68. The van der Waals surface area contributed by atoms with Crippen LogP contribution in [0.2, 0.25) is 0 Å². The highest BCUT2D eigenvalue weighted by Gasteiger charge is 2.25. The van der Waals surface area contributed by atoms with Gasteiger partial charge in [0.05, 0.1) is 11.6 Å². The van der Waals surface area contributed by atoms with Crippen molar-refractivity contribution >= 4 is 11.6 Å². The minimum atomic E-state index is 0.436. The lowest BCUT2D eigenvalue weighted by molar-refractivity contribution is 0.328. The van der Waals surface area contributed by atoms with Gasteiger partial charge in [-0.1, -0.05) is 6.42 Å². The van der Waals surface area contributed by atoms with E-state index < -0.39 is 0 Å². The predicted molar refractivity (Wildman–Crippen MR) is 47.4 cm³/mol. The molecule has 0 N–H and O–H groups in total. The third-order valence-electron chi connectivity index (χ3n) is 2.48. The molecule has 0 unspecified atom stereocenters. The molecule has 0 atom stereocenters. The molecular weight excluding hydrogens is 174 g/mol. The molecule has 0 radical (unpaired) electrons. The molecule has 1 aliphatic carbocycles. The summed E-state index contributed by atoms with van der Waals surface area (Å²) in [6.45, 7) is 1.95. The third-order valence-corrected chi connectivity index (χ3v) is 2.73. The molecule has 66 valence electrons. The van der Waals surface area contributed by atoms with Gasteiger partial charge in [0.2, 0.25) is 0 Å². The highest BCUT2D eigenvalue weighted by molar-refractivity contribution is 6.16. The van der Waals surface area contributed by atoms with Crippen LogP contribution in [-0.2, 0) is 5.88 Å². The van der Waals surface area contributed by atoms with E-state index in [2.05, 4.69) is 4.98 Å². The SMILES string of the molecule is Cc1nc(C2CCC2)oc1CCl. The van der Waals surface area contributed by atoms with E-state index in [0.717, 1.165) is 17.3 Å². The van der Waals surface area contributed by atoms with Crippen LogP contribution >= 0.6 is 11.6 Å². The first-order valence-corrected chi connectivity index (χ1v) is 4.87. The van der Waals surface area contributed by atoms with Gasteiger partial charge in [-0.05, 0) is 19.8 Å². The zero-order chi connectivity index (χ0) is 8.55. The Hall–Kier alpha value is -0.500. The molecule has 1 aliphatic rings. The third kappa shape index (κ3) is 1.24. The molecule has 2 nitrogen and oxygen atoms in total. The van der Waals surface area contributed by atoms with Gasteiger partial charge in [-0.25, -0.2) is 4.98 Å². The normalized spacial score (nSPS) is 17.8. The number of hydrogen-bond donors (Lipinski definition) is 0. The molecule has 1 aromatic heterocycles. The highest BCUT2D eigenvalue weighted by Crippen LogP contribution is 2.36. The van der Waals surface area contributed by atoms with Crippen LogP contribution in [0.3, 0.4) is 0 Å². The van der Waals surface area contributed by atoms with Crippen LogP contribution in [0.4, 0.5) is 0 Å². The summed E-state index contributed by atoms with van der Waals surface area (Å²) in [6, 6.07) is 0. The van der Waals surface area contributed by atoms with E-state index >= 15 is 0 Å². The van der Waals surface area contributed by atoms with Crippen molar-refractivity contribution < 1.29 is 4.42 Å². The second-order valence-corrected chi connectivity index (χ2v) is 3.59. The zero-order valence-corrected chi connectivity index (χ0v) is 7.90. The molecule has 0 aromatic carbocycles. The number of hydrogen-bond acceptors (Lipinski definition) is 2. The van der Waals surface area contributed by atoms with E-state index in [4.69, 9.17) is 16.0 Å². The van der Waals surface area contributed by atoms with E-state index in [9.17, 15) is 0 Å². The molecule has 3 heteroatoms. The van der Waals surface area contributed by atoms with Gasteiger partial charge in [0.25, 0.3) is 0 Å². The summed E-state index contributed by atoms with van der Waals surface area (Å²) in [4.78, 5) is 4.35. The Bertz CT molecular complexity index is 278. The fraction of sp³-hybridized carbons (Fsp3) is 0.667. The number of oxazole rings is 1. The highest BCUT2D eigenvalue weighted by atomic mass is 35.5. The van der Waals surface area contributed by atoms with Gasteiger partial charge >= 0.3 is 0 Å². The van der Waals surface area contributed by atoms with Crippen molar-refractivity contribution in [3.8, 4) is 0 Å². The quantitative estimate of drug-likeness (QED) is 0.663. The number of alkyl halides is 1. The van der Waals surface area contributed by atoms with Crippen molar-refractivity contribution in [2.45, 2.75) is 38.0 Å². The minimum absolute atomic E-state index is 0.436. The largest absolute Gasteiger partial charge is 0.444 e. The standard InChI is InChI=1S/C9H12ClNO/c1-6-8(5-10)12-9(11-6)7-3-2-4-7/h7H,2-5H2,1H3. The summed E-state index contributed by atoms with van der Waals surface area (Å²) in [5, 5.41) is 0. The lowest BCUT2D eigenvalue weighted by Gasteiger charge is -2.21. The maximum Gasteiger partial charge on any atom is 0.197 e. The average molecular weight is 186 g/mol. The van der Waals surface area contributed by atoms with E-state index in [1.165, 1.54) is 19.3 Å². The van der Waals surface area contributed by atoms with Crippen molar-refractivity contribution in [1.82, 2.24) is 4.98 Å². The van der Waals surface area contributed by atoms with Gasteiger partial charge in [-0.15, -0.1) is 11.6 Å². The first-order valence-electron chi connectivity index (χ1n) is 4.33. The van der Waals surface area contributed by atoms with Crippen molar-refractivity contribution in [3.63, 3.8) is 0 Å². The molecular formula is C9H12ClNO. The Balaban J connectivity index is 2.21. The first-order chi connectivity index (χ1) is 5.81. The van der Waals surface area contributed by atoms with Crippen LogP contribution in [0.15, 0.2) is 4.42 Å². The van der Waals surface area contributed by atoms with Crippen molar-refractivity contribution in [1.29, 1.82) is 0 Å². The number of nitrogens with zero attached hydrogens (tertiary/aromatic N) is 1. The number of aromatic nitrogens is 1. The molecule has 0 amide bonds. The number of aryl methyl sites for hydroxylation is 1. The second kappa shape index (κ2) is 3.09. The second-order valence-electron chi connectivity index (χ2n) is 3.32. The summed E-state index contributed by atoms with van der Waals surface area (Å²) in [5.41, 5.74) is 0.951. The first kappa shape index (κ1) is 8.11. The van der Waals surface area contributed by atoms with Gasteiger partial charge in [-0.2, -0.15) is 0 Å². The van der Waals surface area contributed by atoms with Crippen LogP contribution < -0.4 is 0 Å². The molecule has 12 heavy (non-hydrogen) atoms. The van der Waals surface area contributed by atoms with Crippen molar-refractivity contribution in [2.24, 2.45) is 0 Å². The molecule has 0 spiro atoms. The Labute approximate surface area is 76.9 Å². The maximum atomic E-state index is 5.68. The fourth-order valence-electron chi connectivity index (χ4n) is 1.40. The lowest BCUT2D eigenvalue weighted by Crippen LogP contribution is -2.08. The monoisotopic (exact) mass is 185 g/mol. The van der Waals surface area contributed by atoms with Crippen molar-refractivity contribution in [3.05, 3.63) is 17.3 Å². The van der Waals surface area contributed by atoms with Gasteiger partial charge < -0.3 is 4.42 Å². The molecule has 0 aliphatic heterocycles. The van der Waals surface area contributed by atoms with E-state index in [1.807, 2.05) is 6.92 Å². The van der Waals surface area contributed by atoms with Crippen LogP contribution in [0.1, 0.15) is 42.5 Å². The van der Waals surface area contributed by atoms with Crippen molar-refractivity contribution in [2.75, 3.05) is 0 Å². The smallest absolute Gasteiger partial charge is 0.197 e. The molecule has 0 saturated heterocycles. The topological polar surface area (TPSA) is 26.0 Å². The Morgan fingerprint density at radius 3 is 2.75 bits per heavy atom. The summed E-state index contributed by atoms with van der Waals surface area (Å²) in [7, 11) is 0. The number of rotatable bonds is 2. The molecule has 1 saturated carbocycles. The minimum Gasteiger partial charge on any atom is -0.444 e. The molecule has 1 fully saturated rings. The Morgan fingerprint density at radius 1 is 1.58 bits per heavy atom. The average Bonchev–Trinajstić information content (AvgIpc) is 2.27. The molecule has 0 bridgehead atoms. The Kier molecular flexibility index (Phi) is 2.09.